The highest BCUT2D eigenvalue weighted by Crippen LogP contribution is 2.19. The summed E-state index contributed by atoms with van der Waals surface area (Å²) in [7, 11) is 0. The van der Waals surface area contributed by atoms with Gasteiger partial charge in [-0.2, -0.15) is 0 Å². The van der Waals surface area contributed by atoms with Crippen LogP contribution < -0.4 is 5.32 Å². The largest absolute Gasteiger partial charge is 0.349 e. The second-order valence-corrected chi connectivity index (χ2v) is 5.54. The smallest absolute Gasteiger partial charge is 0.173 e. The quantitative estimate of drug-likeness (QED) is 0.830. The summed E-state index contributed by atoms with van der Waals surface area (Å²) < 4.78 is 13.2. The van der Waals surface area contributed by atoms with Crippen LogP contribution in [0.2, 0.25) is 5.02 Å². The van der Waals surface area contributed by atoms with Gasteiger partial charge in [-0.15, -0.1) is 0 Å². The molecule has 22 heavy (non-hydrogen) atoms. The van der Waals surface area contributed by atoms with Gasteiger partial charge >= 0.3 is 0 Å². The first-order chi connectivity index (χ1) is 10.6. The lowest BCUT2D eigenvalue weighted by Gasteiger charge is -2.24. The van der Waals surface area contributed by atoms with Crippen molar-refractivity contribution >= 4 is 34.6 Å². The minimum Gasteiger partial charge on any atom is -0.349 e. The molecule has 1 aromatic heterocycles. The van der Waals surface area contributed by atoms with Crippen LogP contribution in [0, 0.1) is 5.82 Å². The molecule has 1 heterocycles. The summed E-state index contributed by atoms with van der Waals surface area (Å²) >= 11 is 11.2. The molecule has 0 fully saturated rings. The molecular weight excluding hydrogens is 321 g/mol. The van der Waals surface area contributed by atoms with Crippen molar-refractivity contribution < 1.29 is 4.39 Å². The fraction of sp³-hybridized carbons (Fsp3) is 0.250. The number of thiocarbonyl (C=S) groups is 1. The molecule has 0 atom stereocenters. The third kappa shape index (κ3) is 4.64. The van der Waals surface area contributed by atoms with Crippen LogP contribution in [0.5, 0.6) is 0 Å². The van der Waals surface area contributed by atoms with Gasteiger partial charge in [-0.05, 0) is 61.5 Å². The highest BCUT2D eigenvalue weighted by Gasteiger charge is 2.09. The second-order valence-electron chi connectivity index (χ2n) is 4.74. The summed E-state index contributed by atoms with van der Waals surface area (Å²) in [6, 6.07) is 8.44. The highest BCUT2D eigenvalue weighted by atomic mass is 35.5. The predicted molar refractivity (Wildman–Crippen MR) is 92.8 cm³/mol. The number of hydrogen-bond donors (Lipinski definition) is 1. The van der Waals surface area contributed by atoms with E-state index in [0.717, 1.165) is 19.5 Å². The molecule has 116 valence electrons. The molecule has 0 radical (unpaired) electrons. The highest BCUT2D eigenvalue weighted by molar-refractivity contribution is 7.80. The number of nitrogens with zero attached hydrogens (tertiary/aromatic N) is 2. The van der Waals surface area contributed by atoms with E-state index in [1.807, 2.05) is 24.0 Å². The van der Waals surface area contributed by atoms with Gasteiger partial charge in [-0.1, -0.05) is 11.6 Å². The Morgan fingerprint density at radius 3 is 2.68 bits per heavy atom. The van der Waals surface area contributed by atoms with Gasteiger partial charge in [-0.25, -0.2) is 4.39 Å². The van der Waals surface area contributed by atoms with E-state index in [0.29, 0.717) is 10.8 Å². The lowest BCUT2D eigenvalue weighted by atomic mass is 10.2. The van der Waals surface area contributed by atoms with Crippen molar-refractivity contribution in [2.24, 2.45) is 0 Å². The standard InChI is InChI=1S/C16H17ClFN3S/c1-2-21(10-7-12-5-8-19-9-6-12)16(22)20-13-3-4-15(18)14(17)11-13/h3-6,8-9,11H,2,7,10H2,1H3,(H,20,22). The molecule has 0 amide bonds. The summed E-state index contributed by atoms with van der Waals surface area (Å²) in [5.74, 6) is -0.442. The summed E-state index contributed by atoms with van der Waals surface area (Å²) in [5.41, 5.74) is 1.89. The topological polar surface area (TPSA) is 28.2 Å². The number of nitrogens with one attached hydrogen (secondary N) is 1. The molecule has 0 aliphatic carbocycles. The van der Waals surface area contributed by atoms with Crippen molar-refractivity contribution in [3.63, 3.8) is 0 Å². The molecule has 0 unspecified atom stereocenters. The van der Waals surface area contributed by atoms with Crippen LogP contribution in [0.15, 0.2) is 42.7 Å². The van der Waals surface area contributed by atoms with Crippen LogP contribution in [0.25, 0.3) is 0 Å². The molecule has 0 spiro atoms. The van der Waals surface area contributed by atoms with Crippen molar-refractivity contribution in [3.05, 3.63) is 59.1 Å². The van der Waals surface area contributed by atoms with Gasteiger partial charge in [0.05, 0.1) is 5.02 Å². The Hall–Kier alpha value is -1.72. The summed E-state index contributed by atoms with van der Waals surface area (Å²) in [4.78, 5) is 6.05. The molecule has 1 N–H and O–H groups in total. The van der Waals surface area contributed by atoms with E-state index >= 15 is 0 Å². The molecule has 0 saturated heterocycles. The van der Waals surface area contributed by atoms with Gasteiger partial charge < -0.3 is 10.2 Å². The average Bonchev–Trinajstić information content (AvgIpc) is 2.52. The molecule has 0 bridgehead atoms. The van der Waals surface area contributed by atoms with Crippen LogP contribution in [0.3, 0.4) is 0 Å². The number of halogens is 2. The molecule has 0 aliphatic heterocycles. The zero-order chi connectivity index (χ0) is 15.9. The Labute approximate surface area is 140 Å². The van der Waals surface area contributed by atoms with Crippen molar-refractivity contribution in [3.8, 4) is 0 Å². The monoisotopic (exact) mass is 337 g/mol. The number of aromatic nitrogens is 1. The van der Waals surface area contributed by atoms with Crippen molar-refractivity contribution in [1.29, 1.82) is 0 Å². The first-order valence-corrected chi connectivity index (χ1v) is 7.78. The van der Waals surface area contributed by atoms with E-state index in [1.54, 1.807) is 18.5 Å². The van der Waals surface area contributed by atoms with E-state index < -0.39 is 5.82 Å². The van der Waals surface area contributed by atoms with E-state index in [9.17, 15) is 4.39 Å². The number of anilines is 1. The Morgan fingerprint density at radius 1 is 1.32 bits per heavy atom. The van der Waals surface area contributed by atoms with Crippen LogP contribution >= 0.6 is 23.8 Å². The fourth-order valence-electron chi connectivity index (χ4n) is 1.99. The lowest BCUT2D eigenvalue weighted by Crippen LogP contribution is -2.36. The SMILES string of the molecule is CCN(CCc1ccncc1)C(=S)Nc1ccc(F)c(Cl)c1. The van der Waals surface area contributed by atoms with Crippen molar-refractivity contribution in [1.82, 2.24) is 9.88 Å². The Kier molecular flexibility index (Phi) is 6.10. The first kappa shape index (κ1) is 16.6. The second kappa shape index (κ2) is 8.06. The lowest BCUT2D eigenvalue weighted by molar-refractivity contribution is 0.451. The van der Waals surface area contributed by atoms with Crippen LogP contribution in [-0.4, -0.2) is 28.1 Å². The van der Waals surface area contributed by atoms with Crippen molar-refractivity contribution in [2.75, 3.05) is 18.4 Å². The maximum atomic E-state index is 13.2. The fourth-order valence-corrected chi connectivity index (χ4v) is 2.51. The van der Waals surface area contributed by atoms with E-state index in [-0.39, 0.29) is 5.02 Å². The summed E-state index contributed by atoms with van der Waals surface area (Å²) in [5, 5.41) is 3.76. The first-order valence-electron chi connectivity index (χ1n) is 7.00. The number of pyridine rings is 1. The van der Waals surface area contributed by atoms with Crippen LogP contribution in [0.4, 0.5) is 10.1 Å². The molecule has 6 heteroatoms. The maximum absolute atomic E-state index is 13.2. The van der Waals surface area contributed by atoms with E-state index in [2.05, 4.69) is 10.3 Å². The van der Waals surface area contributed by atoms with Gasteiger partial charge in [0.15, 0.2) is 5.11 Å². The predicted octanol–water partition coefficient (Wildman–Crippen LogP) is 4.14. The van der Waals surface area contributed by atoms with Crippen molar-refractivity contribution in [2.45, 2.75) is 13.3 Å². The van der Waals surface area contributed by atoms with Crippen LogP contribution in [0.1, 0.15) is 12.5 Å². The molecule has 1 aromatic carbocycles. The Bertz CT molecular complexity index is 637. The molecular formula is C16H17ClFN3S. The minimum absolute atomic E-state index is 0.0765. The summed E-state index contributed by atoms with van der Waals surface area (Å²) in [6.45, 7) is 3.62. The third-order valence-corrected chi connectivity index (χ3v) is 3.91. The molecule has 0 saturated carbocycles. The van der Waals surface area contributed by atoms with Gasteiger partial charge in [-0.3, -0.25) is 4.98 Å². The molecule has 0 aliphatic rings. The molecule has 3 nitrogen and oxygen atoms in total. The number of rotatable bonds is 5. The van der Waals surface area contributed by atoms with Gasteiger partial charge in [0.1, 0.15) is 5.82 Å². The van der Waals surface area contributed by atoms with Crippen LogP contribution in [-0.2, 0) is 6.42 Å². The van der Waals surface area contributed by atoms with E-state index in [1.165, 1.54) is 17.7 Å². The zero-order valence-corrected chi connectivity index (χ0v) is 13.8. The zero-order valence-electron chi connectivity index (χ0n) is 12.2. The number of hydrogen-bond acceptors (Lipinski definition) is 2. The number of likely N-dealkylation sites (N-methyl/N-ethyl adjacent to an activating group) is 1. The van der Waals surface area contributed by atoms with E-state index in [4.69, 9.17) is 23.8 Å². The maximum Gasteiger partial charge on any atom is 0.173 e. The Balaban J connectivity index is 1.95. The molecule has 2 aromatic rings. The van der Waals surface area contributed by atoms with Gasteiger partial charge in [0.25, 0.3) is 0 Å². The van der Waals surface area contributed by atoms with Gasteiger partial charge in [0.2, 0.25) is 0 Å². The third-order valence-electron chi connectivity index (χ3n) is 3.26. The summed E-state index contributed by atoms with van der Waals surface area (Å²) in [6.07, 6.45) is 4.44. The minimum atomic E-state index is -0.442. The molecule has 2 rings (SSSR count). The Morgan fingerprint density at radius 2 is 2.05 bits per heavy atom. The normalized spacial score (nSPS) is 10.3. The van der Waals surface area contributed by atoms with Gasteiger partial charge in [0, 0.05) is 31.2 Å². The number of benzene rings is 1. The average molecular weight is 338 g/mol.